The molecule has 0 atom stereocenters. The molecule has 1 saturated carbocycles. The first-order valence-corrected chi connectivity index (χ1v) is 8.74. The fourth-order valence-electron chi connectivity index (χ4n) is 2.89. The Balaban J connectivity index is 1.80. The lowest BCUT2D eigenvalue weighted by molar-refractivity contribution is -0.154. The Morgan fingerprint density at radius 1 is 1.22 bits per heavy atom. The van der Waals surface area contributed by atoms with Crippen molar-refractivity contribution < 1.29 is 32.2 Å². The number of carbonyl (C=O) groups excluding carboxylic acids is 2. The van der Waals surface area contributed by atoms with Gasteiger partial charge in [0.25, 0.3) is 5.91 Å². The fraction of sp³-hybridized carbons (Fsp3) is 0.611. The summed E-state index contributed by atoms with van der Waals surface area (Å²) in [5.74, 6) is -0.658. The second kappa shape index (κ2) is 9.05. The zero-order chi connectivity index (χ0) is 20.0. The molecule has 1 fully saturated rings. The van der Waals surface area contributed by atoms with E-state index in [0.29, 0.717) is 5.92 Å². The molecule has 27 heavy (non-hydrogen) atoms. The summed E-state index contributed by atoms with van der Waals surface area (Å²) in [5.41, 5.74) is 0.0244. The molecule has 0 aromatic carbocycles. The van der Waals surface area contributed by atoms with Gasteiger partial charge in [-0.05, 0) is 37.7 Å². The van der Waals surface area contributed by atoms with Gasteiger partial charge in [0, 0.05) is 25.4 Å². The van der Waals surface area contributed by atoms with Crippen LogP contribution in [0.1, 0.15) is 43.0 Å². The van der Waals surface area contributed by atoms with Gasteiger partial charge in [-0.15, -0.1) is 0 Å². The summed E-state index contributed by atoms with van der Waals surface area (Å²) in [6.07, 6.45) is 0.571. The first-order chi connectivity index (χ1) is 12.7. The topological polar surface area (TPSA) is 68.7 Å². The van der Waals surface area contributed by atoms with Crippen LogP contribution in [0.2, 0.25) is 0 Å². The van der Waals surface area contributed by atoms with Crippen LogP contribution in [0.15, 0.2) is 18.3 Å². The van der Waals surface area contributed by atoms with Crippen LogP contribution < -0.4 is 4.74 Å². The number of carbonyl (C=O) groups is 2. The van der Waals surface area contributed by atoms with Crippen LogP contribution in [0.5, 0.6) is 5.88 Å². The number of amides is 1. The summed E-state index contributed by atoms with van der Waals surface area (Å²) in [5, 5.41) is 0. The van der Waals surface area contributed by atoms with Crippen molar-refractivity contribution in [3.63, 3.8) is 0 Å². The van der Waals surface area contributed by atoms with Gasteiger partial charge in [0.15, 0.2) is 13.2 Å². The molecule has 2 rings (SSSR count). The summed E-state index contributed by atoms with van der Waals surface area (Å²) in [4.78, 5) is 29.4. The van der Waals surface area contributed by atoms with Gasteiger partial charge >= 0.3 is 12.1 Å². The predicted molar refractivity (Wildman–Crippen MR) is 90.3 cm³/mol. The van der Waals surface area contributed by atoms with Gasteiger partial charge in [0.05, 0.1) is 5.56 Å². The molecule has 0 spiro atoms. The van der Waals surface area contributed by atoms with Crippen molar-refractivity contribution in [3.8, 4) is 5.88 Å². The number of likely N-dealkylation sites (N-methyl/N-ethyl adjacent to an activating group) is 1. The first kappa shape index (κ1) is 21.0. The summed E-state index contributed by atoms with van der Waals surface area (Å²) in [7, 11) is 1.70. The van der Waals surface area contributed by atoms with Crippen LogP contribution >= 0.6 is 0 Å². The molecular formula is C18H23F3N2O4. The second-order valence-electron chi connectivity index (χ2n) is 6.78. The molecule has 9 heteroatoms. The molecule has 1 aliphatic carbocycles. The minimum atomic E-state index is -4.47. The average molecular weight is 388 g/mol. The zero-order valence-corrected chi connectivity index (χ0v) is 15.3. The van der Waals surface area contributed by atoms with Crippen molar-refractivity contribution in [2.75, 3.05) is 20.3 Å². The van der Waals surface area contributed by atoms with Gasteiger partial charge in [0.2, 0.25) is 5.88 Å². The normalized spacial score (nSPS) is 20.0. The number of pyridine rings is 1. The van der Waals surface area contributed by atoms with E-state index in [-0.39, 0.29) is 23.4 Å². The molecule has 1 aromatic rings. The van der Waals surface area contributed by atoms with Crippen LogP contribution in [0.4, 0.5) is 13.2 Å². The molecular weight excluding hydrogens is 365 g/mol. The van der Waals surface area contributed by atoms with E-state index in [2.05, 4.69) is 16.6 Å². The van der Waals surface area contributed by atoms with E-state index in [4.69, 9.17) is 4.74 Å². The van der Waals surface area contributed by atoms with Crippen LogP contribution in [-0.4, -0.2) is 54.2 Å². The van der Waals surface area contributed by atoms with Crippen molar-refractivity contribution in [1.29, 1.82) is 0 Å². The van der Waals surface area contributed by atoms with E-state index in [9.17, 15) is 22.8 Å². The molecule has 0 unspecified atom stereocenters. The van der Waals surface area contributed by atoms with Crippen LogP contribution in [-0.2, 0) is 9.53 Å². The van der Waals surface area contributed by atoms with E-state index < -0.39 is 25.4 Å². The number of halogens is 3. The average Bonchev–Trinajstić information content (AvgIpc) is 2.64. The maximum atomic E-state index is 12.2. The molecule has 1 heterocycles. The van der Waals surface area contributed by atoms with Crippen LogP contribution in [0, 0.1) is 5.92 Å². The van der Waals surface area contributed by atoms with Gasteiger partial charge < -0.3 is 14.4 Å². The van der Waals surface area contributed by atoms with Gasteiger partial charge in [-0.2, -0.15) is 13.2 Å². The third kappa shape index (κ3) is 6.73. The van der Waals surface area contributed by atoms with Gasteiger partial charge in [-0.3, -0.25) is 4.79 Å². The minimum absolute atomic E-state index is 0.0244. The van der Waals surface area contributed by atoms with Gasteiger partial charge in [-0.1, -0.05) is 6.92 Å². The molecule has 0 bridgehead atoms. The number of nitrogens with zero attached hydrogens (tertiary/aromatic N) is 2. The highest BCUT2D eigenvalue weighted by Gasteiger charge is 2.29. The lowest BCUT2D eigenvalue weighted by atomic mass is 9.87. The van der Waals surface area contributed by atoms with Crippen molar-refractivity contribution in [2.45, 2.75) is 44.8 Å². The second-order valence-corrected chi connectivity index (χ2v) is 6.78. The number of hydrogen-bond donors (Lipinski definition) is 0. The third-order valence-corrected chi connectivity index (χ3v) is 4.61. The van der Waals surface area contributed by atoms with Crippen molar-refractivity contribution in [3.05, 3.63) is 23.9 Å². The Kier molecular flexibility index (Phi) is 7.04. The maximum Gasteiger partial charge on any atom is 0.422 e. The van der Waals surface area contributed by atoms with E-state index in [1.807, 2.05) is 0 Å². The monoisotopic (exact) mass is 388 g/mol. The number of hydrogen-bond acceptors (Lipinski definition) is 5. The minimum Gasteiger partial charge on any atom is -0.468 e. The van der Waals surface area contributed by atoms with Crippen molar-refractivity contribution >= 4 is 11.9 Å². The molecule has 0 N–H and O–H groups in total. The van der Waals surface area contributed by atoms with Crippen LogP contribution in [0.25, 0.3) is 0 Å². The quantitative estimate of drug-likeness (QED) is 0.700. The molecule has 0 saturated heterocycles. The number of alkyl halides is 3. The Hall–Kier alpha value is -2.32. The highest BCUT2D eigenvalue weighted by Crippen LogP contribution is 2.26. The Bertz CT molecular complexity index is 641. The van der Waals surface area contributed by atoms with Gasteiger partial charge in [0.1, 0.15) is 0 Å². The molecule has 0 aliphatic heterocycles. The lowest BCUT2D eigenvalue weighted by Crippen LogP contribution is -2.41. The van der Waals surface area contributed by atoms with E-state index >= 15 is 0 Å². The number of rotatable bonds is 6. The molecule has 6 nitrogen and oxygen atoms in total. The highest BCUT2D eigenvalue weighted by molar-refractivity contribution is 5.91. The highest BCUT2D eigenvalue weighted by atomic mass is 19.4. The Labute approximate surface area is 155 Å². The third-order valence-electron chi connectivity index (χ3n) is 4.61. The smallest absolute Gasteiger partial charge is 0.422 e. The summed E-state index contributed by atoms with van der Waals surface area (Å²) in [6.45, 7) is 0.325. The van der Waals surface area contributed by atoms with E-state index in [1.54, 1.807) is 11.9 Å². The Morgan fingerprint density at radius 3 is 2.44 bits per heavy atom. The van der Waals surface area contributed by atoms with Crippen LogP contribution in [0.3, 0.4) is 0 Å². The predicted octanol–water partition coefficient (Wildman–Crippen LogP) is 3.22. The fourth-order valence-corrected chi connectivity index (χ4v) is 2.89. The standard InChI is InChI=1S/C18H23F3N2O4/c1-12-3-6-14(7-4-12)23(2)16(24)10-26-17(25)13-5-8-15(22-9-13)27-11-18(19,20)21/h5,8-9,12,14H,3-4,6-7,10-11H2,1-2H3. The summed E-state index contributed by atoms with van der Waals surface area (Å²) >= 11 is 0. The molecule has 1 aliphatic rings. The molecule has 1 aromatic heterocycles. The SMILES string of the molecule is CC1CCC(N(C)C(=O)COC(=O)c2ccc(OCC(F)(F)F)nc2)CC1. The summed E-state index contributed by atoms with van der Waals surface area (Å²) in [6, 6.07) is 2.52. The largest absolute Gasteiger partial charge is 0.468 e. The number of aromatic nitrogens is 1. The molecule has 0 radical (unpaired) electrons. The van der Waals surface area contributed by atoms with E-state index in [0.717, 1.165) is 37.9 Å². The molecule has 150 valence electrons. The van der Waals surface area contributed by atoms with E-state index in [1.165, 1.54) is 6.07 Å². The number of esters is 1. The summed E-state index contributed by atoms with van der Waals surface area (Å²) < 4.78 is 45.7. The zero-order valence-electron chi connectivity index (χ0n) is 15.3. The number of ether oxygens (including phenoxy) is 2. The van der Waals surface area contributed by atoms with Crippen molar-refractivity contribution in [1.82, 2.24) is 9.88 Å². The Morgan fingerprint density at radius 2 is 1.89 bits per heavy atom. The first-order valence-electron chi connectivity index (χ1n) is 8.74. The van der Waals surface area contributed by atoms with Gasteiger partial charge in [-0.25, -0.2) is 9.78 Å². The maximum absolute atomic E-state index is 12.2. The van der Waals surface area contributed by atoms with Crippen molar-refractivity contribution in [2.24, 2.45) is 5.92 Å². The lowest BCUT2D eigenvalue weighted by Gasteiger charge is -2.33. The molecule has 1 amide bonds.